The molecule has 0 aromatic heterocycles. The molecule has 1 fully saturated rings. The maximum Gasteiger partial charge on any atom is 0.220 e. The first kappa shape index (κ1) is 53.2. The van der Waals surface area contributed by atoms with Crippen LogP contribution in [0.3, 0.4) is 0 Å². The first-order valence-electron chi connectivity index (χ1n) is 23.8. The molecule has 56 heavy (non-hydrogen) atoms. The largest absolute Gasteiger partial charge is 0.394 e. The Labute approximate surface area is 343 Å². The standard InChI is InChI=1S/C46H91NO9/c1-3-5-7-9-11-13-15-17-19-21-22-24-26-28-30-32-34-39(49)42(51)38(37-55-46-45(54)44(53)43(52)40(36-48)56-46)47-41(50)35-33-31-29-27-25-23-20-18-16-14-12-10-8-6-4-2/h38-40,42-46,48-49,51-54H,3-37H2,1-2H3,(H,47,50)/t38-,39+,40+,42-,43+,44?,45?,46+/m0/s1. The average molecular weight is 802 g/mol. The minimum atomic E-state index is -1.60. The highest BCUT2D eigenvalue weighted by Gasteiger charge is 2.44. The molecule has 1 heterocycles. The molecule has 0 bridgehead atoms. The van der Waals surface area contributed by atoms with Crippen molar-refractivity contribution in [2.75, 3.05) is 13.2 Å². The molecule has 2 unspecified atom stereocenters. The van der Waals surface area contributed by atoms with Gasteiger partial charge < -0.3 is 45.4 Å². The second kappa shape index (κ2) is 37.2. The van der Waals surface area contributed by atoms with Crippen LogP contribution in [0.1, 0.15) is 226 Å². The maximum atomic E-state index is 13.0. The van der Waals surface area contributed by atoms with Crippen LogP contribution in [0.15, 0.2) is 0 Å². The van der Waals surface area contributed by atoms with Gasteiger partial charge in [0, 0.05) is 6.42 Å². The van der Waals surface area contributed by atoms with Gasteiger partial charge in [0.1, 0.15) is 30.5 Å². The Morgan fingerprint density at radius 3 is 1.32 bits per heavy atom. The number of carbonyl (C=O) groups is 1. The van der Waals surface area contributed by atoms with Crippen molar-refractivity contribution in [1.82, 2.24) is 5.32 Å². The number of hydrogen-bond donors (Lipinski definition) is 7. The van der Waals surface area contributed by atoms with E-state index in [4.69, 9.17) is 9.47 Å². The lowest BCUT2D eigenvalue weighted by atomic mass is 9.98. The SMILES string of the molecule is CCCCCCCCCCCCCCCCCC[C@@H](O)[C@@H](O)[C@H](CO[C@@H]1O[C@H](CO)[C@@H](O)C(O)C1O)NC(=O)CCCCCCCCCCCCCCCCC. The first-order chi connectivity index (χ1) is 27.3. The summed E-state index contributed by atoms with van der Waals surface area (Å²) < 4.78 is 11.2. The third-order valence-electron chi connectivity index (χ3n) is 11.8. The van der Waals surface area contributed by atoms with Crippen LogP contribution in [-0.4, -0.2) is 98.7 Å². The lowest BCUT2D eigenvalue weighted by Gasteiger charge is -2.40. The van der Waals surface area contributed by atoms with Gasteiger partial charge in [0.25, 0.3) is 0 Å². The number of carbonyl (C=O) groups excluding carboxylic acids is 1. The third kappa shape index (κ3) is 27.0. The molecule has 334 valence electrons. The second-order valence-electron chi connectivity index (χ2n) is 17.1. The molecule has 0 aliphatic carbocycles. The summed E-state index contributed by atoms with van der Waals surface area (Å²) in [5, 5.41) is 65.2. The van der Waals surface area contributed by atoms with E-state index in [1.165, 1.54) is 161 Å². The van der Waals surface area contributed by atoms with Gasteiger partial charge >= 0.3 is 0 Å². The van der Waals surface area contributed by atoms with Crippen LogP contribution >= 0.6 is 0 Å². The van der Waals surface area contributed by atoms with Gasteiger partial charge in [-0.05, 0) is 12.8 Å². The predicted octanol–water partition coefficient (Wildman–Crippen LogP) is 8.92. The highest BCUT2D eigenvalue weighted by atomic mass is 16.7. The summed E-state index contributed by atoms with van der Waals surface area (Å²) in [5.41, 5.74) is 0. The van der Waals surface area contributed by atoms with Crippen molar-refractivity contribution in [3.8, 4) is 0 Å². The number of hydrogen-bond acceptors (Lipinski definition) is 9. The third-order valence-corrected chi connectivity index (χ3v) is 11.8. The van der Waals surface area contributed by atoms with E-state index < -0.39 is 55.6 Å². The molecule has 1 rings (SSSR count). The number of nitrogens with one attached hydrogen (secondary N) is 1. The molecule has 0 radical (unpaired) electrons. The van der Waals surface area contributed by atoms with Crippen molar-refractivity contribution in [2.24, 2.45) is 0 Å². The quantitative estimate of drug-likeness (QED) is 0.0299. The van der Waals surface area contributed by atoms with Crippen LogP contribution in [0.2, 0.25) is 0 Å². The van der Waals surface area contributed by atoms with Crippen molar-refractivity contribution >= 4 is 5.91 Å². The van der Waals surface area contributed by atoms with E-state index in [1.54, 1.807) is 0 Å². The van der Waals surface area contributed by atoms with E-state index in [1.807, 2.05) is 0 Å². The van der Waals surface area contributed by atoms with Crippen LogP contribution in [0.4, 0.5) is 0 Å². The number of aliphatic hydroxyl groups excluding tert-OH is 6. The lowest BCUT2D eigenvalue weighted by molar-refractivity contribution is -0.303. The van der Waals surface area contributed by atoms with Crippen LogP contribution in [0.5, 0.6) is 0 Å². The minimum absolute atomic E-state index is 0.254. The summed E-state index contributed by atoms with van der Waals surface area (Å²) in [7, 11) is 0. The van der Waals surface area contributed by atoms with E-state index in [9.17, 15) is 35.4 Å². The molecule has 7 N–H and O–H groups in total. The van der Waals surface area contributed by atoms with Crippen molar-refractivity contribution in [2.45, 2.75) is 275 Å². The number of ether oxygens (including phenoxy) is 2. The van der Waals surface area contributed by atoms with Crippen LogP contribution in [-0.2, 0) is 14.3 Å². The van der Waals surface area contributed by atoms with Crippen molar-refractivity contribution in [3.63, 3.8) is 0 Å². The average Bonchev–Trinajstić information content (AvgIpc) is 3.20. The Bertz CT molecular complexity index is 864. The second-order valence-corrected chi connectivity index (χ2v) is 17.1. The number of unbranched alkanes of at least 4 members (excludes halogenated alkanes) is 29. The van der Waals surface area contributed by atoms with Crippen LogP contribution in [0, 0.1) is 0 Å². The Kier molecular flexibility index (Phi) is 35.3. The summed E-state index contributed by atoms with van der Waals surface area (Å²) in [5.74, 6) is -0.254. The van der Waals surface area contributed by atoms with Gasteiger partial charge in [-0.2, -0.15) is 0 Å². The van der Waals surface area contributed by atoms with Gasteiger partial charge in [0.2, 0.25) is 5.91 Å². The normalized spacial score (nSPS) is 21.6. The molecular formula is C46H91NO9. The van der Waals surface area contributed by atoms with Gasteiger partial charge in [-0.1, -0.05) is 206 Å². The van der Waals surface area contributed by atoms with E-state index in [-0.39, 0.29) is 18.9 Å². The fourth-order valence-corrected chi connectivity index (χ4v) is 7.91. The number of rotatable bonds is 40. The summed E-state index contributed by atoms with van der Waals surface area (Å²) in [6, 6.07) is -0.984. The lowest BCUT2D eigenvalue weighted by Crippen LogP contribution is -2.60. The first-order valence-corrected chi connectivity index (χ1v) is 23.8. The molecular weight excluding hydrogens is 711 g/mol. The Morgan fingerprint density at radius 2 is 0.929 bits per heavy atom. The Hall–Kier alpha value is -0.850. The smallest absolute Gasteiger partial charge is 0.220 e. The van der Waals surface area contributed by atoms with Crippen molar-refractivity contribution in [3.05, 3.63) is 0 Å². The molecule has 10 nitrogen and oxygen atoms in total. The zero-order chi connectivity index (χ0) is 41.1. The topological polar surface area (TPSA) is 169 Å². The summed E-state index contributed by atoms with van der Waals surface area (Å²) in [4.78, 5) is 13.0. The zero-order valence-corrected chi connectivity index (χ0v) is 36.3. The highest BCUT2D eigenvalue weighted by Crippen LogP contribution is 2.23. The fourth-order valence-electron chi connectivity index (χ4n) is 7.91. The number of amides is 1. The molecule has 0 spiro atoms. The van der Waals surface area contributed by atoms with Gasteiger partial charge in [0.05, 0.1) is 25.4 Å². The number of aliphatic hydroxyl groups is 6. The van der Waals surface area contributed by atoms with Gasteiger partial charge in [-0.15, -0.1) is 0 Å². The van der Waals surface area contributed by atoms with E-state index in [0.717, 1.165) is 38.5 Å². The van der Waals surface area contributed by atoms with Gasteiger partial charge in [-0.3, -0.25) is 4.79 Å². The summed E-state index contributed by atoms with van der Waals surface area (Å²) >= 11 is 0. The highest BCUT2D eigenvalue weighted by molar-refractivity contribution is 5.76. The summed E-state index contributed by atoms with van der Waals surface area (Å²) in [6.07, 6.45) is 29.6. The molecule has 0 aromatic rings. The maximum absolute atomic E-state index is 13.0. The van der Waals surface area contributed by atoms with E-state index in [2.05, 4.69) is 19.2 Å². The molecule has 1 aliphatic heterocycles. The Morgan fingerprint density at radius 1 is 0.554 bits per heavy atom. The van der Waals surface area contributed by atoms with Crippen LogP contribution < -0.4 is 5.32 Å². The zero-order valence-electron chi connectivity index (χ0n) is 36.3. The van der Waals surface area contributed by atoms with Crippen molar-refractivity contribution in [1.29, 1.82) is 0 Å². The molecule has 10 heteroatoms. The van der Waals surface area contributed by atoms with Gasteiger partial charge in [-0.25, -0.2) is 0 Å². The Balaban J connectivity index is 2.37. The summed E-state index contributed by atoms with van der Waals surface area (Å²) in [6.45, 7) is 3.62. The van der Waals surface area contributed by atoms with Crippen LogP contribution in [0.25, 0.3) is 0 Å². The van der Waals surface area contributed by atoms with Crippen molar-refractivity contribution < 1.29 is 44.9 Å². The monoisotopic (exact) mass is 802 g/mol. The molecule has 0 aromatic carbocycles. The molecule has 1 amide bonds. The molecule has 8 atom stereocenters. The molecule has 1 saturated heterocycles. The van der Waals surface area contributed by atoms with E-state index in [0.29, 0.717) is 6.42 Å². The fraction of sp³-hybridized carbons (Fsp3) is 0.978. The predicted molar refractivity (Wildman–Crippen MR) is 227 cm³/mol. The molecule has 0 saturated carbocycles. The minimum Gasteiger partial charge on any atom is -0.394 e. The molecule has 1 aliphatic rings. The van der Waals surface area contributed by atoms with Gasteiger partial charge in [0.15, 0.2) is 6.29 Å². The van der Waals surface area contributed by atoms with E-state index >= 15 is 0 Å².